The highest BCUT2D eigenvalue weighted by atomic mass is 16.5. The molecule has 0 N–H and O–H groups in total. The van der Waals surface area contributed by atoms with E-state index in [-0.39, 0.29) is 17.9 Å². The summed E-state index contributed by atoms with van der Waals surface area (Å²) in [6, 6.07) is 16.1. The van der Waals surface area contributed by atoms with Crippen molar-refractivity contribution in [3.05, 3.63) is 83.0 Å². The standard InChI is InChI=1S/C19H16N2O3/c1-24-16-9-7-15(8-10-16)18(22)12-21-13-20-11-17(19(21)23)14-5-3-2-4-6-14/h2-11,13H,12H2,1H3. The quantitative estimate of drug-likeness (QED) is 0.678. The summed E-state index contributed by atoms with van der Waals surface area (Å²) in [6.07, 6.45) is 2.90. The second-order valence-electron chi connectivity index (χ2n) is 5.26. The number of carbonyl (C=O) groups excluding carboxylic acids is 1. The van der Waals surface area contributed by atoms with Gasteiger partial charge in [0.1, 0.15) is 5.75 Å². The summed E-state index contributed by atoms with van der Waals surface area (Å²) in [7, 11) is 1.57. The summed E-state index contributed by atoms with van der Waals surface area (Å²) in [5.74, 6) is 0.517. The van der Waals surface area contributed by atoms with Gasteiger partial charge in [-0.3, -0.25) is 14.2 Å². The van der Waals surface area contributed by atoms with Gasteiger partial charge in [0.05, 0.1) is 25.5 Å². The van der Waals surface area contributed by atoms with Gasteiger partial charge in [-0.05, 0) is 29.8 Å². The minimum Gasteiger partial charge on any atom is -0.497 e. The van der Waals surface area contributed by atoms with Crippen molar-refractivity contribution in [1.82, 2.24) is 9.55 Å². The van der Waals surface area contributed by atoms with Crippen LogP contribution in [0.4, 0.5) is 0 Å². The molecule has 0 amide bonds. The van der Waals surface area contributed by atoms with Crippen LogP contribution in [0.1, 0.15) is 10.4 Å². The number of Topliss-reactive ketones (excluding diaryl/α,β-unsaturated/α-hetero) is 1. The van der Waals surface area contributed by atoms with Gasteiger partial charge in [0.25, 0.3) is 5.56 Å². The van der Waals surface area contributed by atoms with Crippen LogP contribution in [0.25, 0.3) is 11.1 Å². The molecule has 0 bridgehead atoms. The lowest BCUT2D eigenvalue weighted by atomic mass is 10.1. The number of aromatic nitrogens is 2. The van der Waals surface area contributed by atoms with Crippen molar-refractivity contribution in [1.29, 1.82) is 0 Å². The third-order valence-electron chi connectivity index (χ3n) is 3.71. The maximum atomic E-state index is 12.6. The summed E-state index contributed by atoms with van der Waals surface area (Å²) in [5.41, 5.74) is 1.53. The van der Waals surface area contributed by atoms with E-state index in [1.165, 1.54) is 17.1 Å². The first-order valence-electron chi connectivity index (χ1n) is 7.46. The molecule has 0 atom stereocenters. The molecule has 0 aliphatic carbocycles. The van der Waals surface area contributed by atoms with Crippen LogP contribution in [0.2, 0.25) is 0 Å². The molecule has 0 unspecified atom stereocenters. The van der Waals surface area contributed by atoms with Crippen LogP contribution in [-0.2, 0) is 6.54 Å². The lowest BCUT2D eigenvalue weighted by molar-refractivity contribution is 0.0970. The van der Waals surface area contributed by atoms with Gasteiger partial charge in [-0.15, -0.1) is 0 Å². The topological polar surface area (TPSA) is 61.2 Å². The lowest BCUT2D eigenvalue weighted by Gasteiger charge is -2.07. The van der Waals surface area contributed by atoms with Crippen molar-refractivity contribution in [2.45, 2.75) is 6.54 Å². The maximum absolute atomic E-state index is 12.6. The molecular weight excluding hydrogens is 304 g/mol. The molecule has 3 rings (SSSR count). The Labute approximate surface area is 139 Å². The largest absolute Gasteiger partial charge is 0.497 e. The number of ether oxygens (including phenoxy) is 1. The zero-order valence-electron chi connectivity index (χ0n) is 13.2. The number of hydrogen-bond donors (Lipinski definition) is 0. The van der Waals surface area contributed by atoms with Gasteiger partial charge in [-0.2, -0.15) is 0 Å². The number of ketones is 1. The van der Waals surface area contributed by atoms with Gasteiger partial charge in [-0.1, -0.05) is 30.3 Å². The molecule has 1 heterocycles. The Morgan fingerprint density at radius 2 is 1.79 bits per heavy atom. The van der Waals surface area contributed by atoms with E-state index in [0.29, 0.717) is 16.9 Å². The van der Waals surface area contributed by atoms with E-state index in [1.54, 1.807) is 31.4 Å². The molecule has 5 nitrogen and oxygen atoms in total. The van der Waals surface area contributed by atoms with Gasteiger partial charge in [0.2, 0.25) is 0 Å². The molecule has 0 saturated carbocycles. The SMILES string of the molecule is COc1ccc(C(=O)Cn2cncc(-c3ccccc3)c2=O)cc1. The van der Waals surface area contributed by atoms with Gasteiger partial charge < -0.3 is 4.74 Å². The maximum Gasteiger partial charge on any atom is 0.261 e. The number of rotatable bonds is 5. The highest BCUT2D eigenvalue weighted by Crippen LogP contribution is 2.14. The van der Waals surface area contributed by atoms with Crippen LogP contribution in [0, 0.1) is 0 Å². The number of nitrogens with zero attached hydrogens (tertiary/aromatic N) is 2. The van der Waals surface area contributed by atoms with Gasteiger partial charge in [-0.25, -0.2) is 4.98 Å². The summed E-state index contributed by atoms with van der Waals surface area (Å²) in [4.78, 5) is 29.1. The molecule has 0 radical (unpaired) electrons. The predicted octanol–water partition coefficient (Wildman–Crippen LogP) is 2.80. The normalized spacial score (nSPS) is 10.4. The first-order valence-corrected chi connectivity index (χ1v) is 7.46. The highest BCUT2D eigenvalue weighted by molar-refractivity contribution is 5.96. The Bertz CT molecular complexity index is 900. The fourth-order valence-electron chi connectivity index (χ4n) is 2.40. The molecule has 0 aliphatic heterocycles. The fraction of sp³-hybridized carbons (Fsp3) is 0.105. The number of methoxy groups -OCH3 is 1. The van der Waals surface area contributed by atoms with E-state index in [2.05, 4.69) is 4.98 Å². The number of benzene rings is 2. The smallest absolute Gasteiger partial charge is 0.261 e. The zero-order chi connectivity index (χ0) is 16.9. The molecule has 3 aromatic rings. The second kappa shape index (κ2) is 6.91. The summed E-state index contributed by atoms with van der Waals surface area (Å²) >= 11 is 0. The highest BCUT2D eigenvalue weighted by Gasteiger charge is 2.11. The van der Waals surface area contributed by atoms with E-state index in [0.717, 1.165) is 5.56 Å². The third-order valence-corrected chi connectivity index (χ3v) is 3.71. The summed E-state index contributed by atoms with van der Waals surface area (Å²) in [6.45, 7) is -0.0567. The van der Waals surface area contributed by atoms with Crippen LogP contribution in [0.15, 0.2) is 71.9 Å². The Morgan fingerprint density at radius 1 is 1.08 bits per heavy atom. The zero-order valence-corrected chi connectivity index (χ0v) is 13.2. The average molecular weight is 320 g/mol. The van der Waals surface area contributed by atoms with Crippen LogP contribution >= 0.6 is 0 Å². The molecule has 120 valence electrons. The van der Waals surface area contributed by atoms with Crippen molar-refractivity contribution in [2.24, 2.45) is 0 Å². The minimum atomic E-state index is -0.238. The molecule has 2 aromatic carbocycles. The van der Waals surface area contributed by atoms with E-state index in [1.807, 2.05) is 30.3 Å². The van der Waals surface area contributed by atoms with Crippen molar-refractivity contribution in [3.8, 4) is 16.9 Å². The van der Waals surface area contributed by atoms with Gasteiger partial charge in [0, 0.05) is 11.8 Å². The molecule has 0 aliphatic rings. The third kappa shape index (κ3) is 3.25. The van der Waals surface area contributed by atoms with Crippen LogP contribution in [0.3, 0.4) is 0 Å². The monoisotopic (exact) mass is 320 g/mol. The van der Waals surface area contributed by atoms with Crippen LogP contribution < -0.4 is 10.3 Å². The average Bonchev–Trinajstić information content (AvgIpc) is 2.64. The first-order chi connectivity index (χ1) is 11.7. The Kier molecular flexibility index (Phi) is 4.52. The molecule has 0 fully saturated rings. The second-order valence-corrected chi connectivity index (χ2v) is 5.26. The molecule has 5 heteroatoms. The number of hydrogen-bond acceptors (Lipinski definition) is 4. The Balaban J connectivity index is 1.87. The Hall–Kier alpha value is -3.21. The van der Waals surface area contributed by atoms with Crippen LogP contribution in [-0.4, -0.2) is 22.4 Å². The number of carbonyl (C=O) groups is 1. The van der Waals surface area contributed by atoms with Crippen molar-refractivity contribution >= 4 is 5.78 Å². The predicted molar refractivity (Wildman–Crippen MR) is 91.3 cm³/mol. The van der Waals surface area contributed by atoms with Gasteiger partial charge >= 0.3 is 0 Å². The van der Waals surface area contributed by atoms with E-state index >= 15 is 0 Å². The first kappa shape index (κ1) is 15.7. The van der Waals surface area contributed by atoms with Crippen molar-refractivity contribution in [2.75, 3.05) is 7.11 Å². The van der Waals surface area contributed by atoms with Crippen LogP contribution in [0.5, 0.6) is 5.75 Å². The van der Waals surface area contributed by atoms with Gasteiger partial charge in [0.15, 0.2) is 5.78 Å². The molecular formula is C19H16N2O3. The van der Waals surface area contributed by atoms with E-state index in [4.69, 9.17) is 4.74 Å². The van der Waals surface area contributed by atoms with E-state index < -0.39 is 0 Å². The minimum absolute atomic E-state index is 0.0567. The molecule has 0 spiro atoms. The molecule has 24 heavy (non-hydrogen) atoms. The summed E-state index contributed by atoms with van der Waals surface area (Å²) in [5, 5.41) is 0. The molecule has 0 saturated heterocycles. The van der Waals surface area contributed by atoms with Crippen molar-refractivity contribution < 1.29 is 9.53 Å². The fourth-order valence-corrected chi connectivity index (χ4v) is 2.40. The Morgan fingerprint density at radius 3 is 2.46 bits per heavy atom. The summed E-state index contributed by atoms with van der Waals surface area (Å²) < 4.78 is 6.40. The molecule has 1 aromatic heterocycles. The van der Waals surface area contributed by atoms with Crippen molar-refractivity contribution in [3.63, 3.8) is 0 Å². The lowest BCUT2D eigenvalue weighted by Crippen LogP contribution is -2.25. The van der Waals surface area contributed by atoms with E-state index in [9.17, 15) is 9.59 Å².